The molecule has 2 aromatic heterocycles. The Morgan fingerprint density at radius 3 is 3.06 bits per heavy atom. The van der Waals surface area contributed by atoms with Crippen molar-refractivity contribution in [2.75, 3.05) is 0 Å². The monoisotopic (exact) mass is 327 g/mol. The molecule has 2 rings (SSSR count). The zero-order chi connectivity index (χ0) is 13.1. The van der Waals surface area contributed by atoms with Gasteiger partial charge in [-0.15, -0.1) is 11.3 Å². The highest BCUT2D eigenvalue weighted by Crippen LogP contribution is 2.20. The first-order chi connectivity index (χ1) is 8.61. The van der Waals surface area contributed by atoms with Crippen LogP contribution < -0.4 is 5.32 Å². The summed E-state index contributed by atoms with van der Waals surface area (Å²) in [6, 6.07) is 3.70. The maximum atomic E-state index is 12.0. The van der Waals surface area contributed by atoms with Crippen LogP contribution in [0.15, 0.2) is 28.2 Å². The molecule has 0 aliphatic heterocycles. The fourth-order valence-corrected chi connectivity index (χ4v) is 3.08. The molecule has 0 saturated carbocycles. The van der Waals surface area contributed by atoms with Crippen LogP contribution in [0.3, 0.4) is 0 Å². The van der Waals surface area contributed by atoms with E-state index < -0.39 is 0 Å². The molecule has 0 aliphatic carbocycles. The first kappa shape index (κ1) is 13.3. The van der Waals surface area contributed by atoms with Gasteiger partial charge in [-0.1, -0.05) is 0 Å². The Morgan fingerprint density at radius 2 is 2.44 bits per heavy atom. The molecule has 0 unspecified atom stereocenters. The molecule has 96 valence electrons. The van der Waals surface area contributed by atoms with E-state index in [1.165, 1.54) is 11.3 Å². The van der Waals surface area contributed by atoms with E-state index in [1.807, 2.05) is 36.0 Å². The number of halogens is 1. The van der Waals surface area contributed by atoms with Crippen molar-refractivity contribution < 1.29 is 4.79 Å². The van der Waals surface area contributed by atoms with Gasteiger partial charge in [0.25, 0.3) is 5.91 Å². The number of carbonyl (C=O) groups is 1. The molecule has 2 aromatic rings. The molecule has 4 nitrogen and oxygen atoms in total. The number of amides is 1. The summed E-state index contributed by atoms with van der Waals surface area (Å²) in [7, 11) is 0. The van der Waals surface area contributed by atoms with Gasteiger partial charge in [0, 0.05) is 22.6 Å². The van der Waals surface area contributed by atoms with Crippen molar-refractivity contribution in [3.05, 3.63) is 38.8 Å². The minimum atomic E-state index is -0.0548. The normalized spacial score (nSPS) is 12.4. The van der Waals surface area contributed by atoms with Gasteiger partial charge in [0.2, 0.25) is 0 Å². The maximum absolute atomic E-state index is 12.0. The third-order valence-corrected chi connectivity index (χ3v) is 4.32. The summed E-state index contributed by atoms with van der Waals surface area (Å²) in [6.45, 7) is 4.79. The second kappa shape index (κ2) is 5.67. The lowest BCUT2D eigenvalue weighted by Gasteiger charge is -2.14. The molecule has 0 saturated heterocycles. The molecule has 0 aliphatic rings. The number of thiophene rings is 1. The zero-order valence-corrected chi connectivity index (χ0v) is 12.6. The number of nitrogens with one attached hydrogen (secondary N) is 1. The standard InChI is InChI=1S/C12H14BrN3OS/c1-3-16-10(4-5-14-16)8(2)15-12(17)11-6-9(13)7-18-11/h4-8H,3H2,1-2H3,(H,15,17)/t8-/m0/s1. The highest BCUT2D eigenvalue weighted by Gasteiger charge is 2.15. The van der Waals surface area contributed by atoms with Crippen molar-refractivity contribution in [1.82, 2.24) is 15.1 Å². The minimum absolute atomic E-state index is 0.0537. The van der Waals surface area contributed by atoms with Gasteiger partial charge in [-0.3, -0.25) is 9.48 Å². The van der Waals surface area contributed by atoms with Crippen LogP contribution in [0.5, 0.6) is 0 Å². The largest absolute Gasteiger partial charge is 0.343 e. The quantitative estimate of drug-likeness (QED) is 0.937. The van der Waals surface area contributed by atoms with Crippen molar-refractivity contribution in [2.45, 2.75) is 26.4 Å². The van der Waals surface area contributed by atoms with Gasteiger partial charge in [0.1, 0.15) is 0 Å². The van der Waals surface area contributed by atoms with E-state index in [2.05, 4.69) is 26.3 Å². The van der Waals surface area contributed by atoms with Crippen molar-refractivity contribution >= 4 is 33.2 Å². The molecule has 6 heteroatoms. The Balaban J connectivity index is 2.08. The van der Waals surface area contributed by atoms with E-state index in [-0.39, 0.29) is 11.9 Å². The van der Waals surface area contributed by atoms with Crippen LogP contribution >= 0.6 is 27.3 Å². The Kier molecular flexibility index (Phi) is 4.19. The Hall–Kier alpha value is -1.14. The number of aryl methyl sites for hydroxylation is 1. The lowest BCUT2D eigenvalue weighted by atomic mass is 10.2. The topological polar surface area (TPSA) is 46.9 Å². The first-order valence-electron chi connectivity index (χ1n) is 5.68. The van der Waals surface area contributed by atoms with Gasteiger partial charge >= 0.3 is 0 Å². The number of nitrogens with zero attached hydrogens (tertiary/aromatic N) is 2. The lowest BCUT2D eigenvalue weighted by molar-refractivity contribution is 0.0942. The third kappa shape index (κ3) is 2.81. The fourth-order valence-electron chi connectivity index (χ4n) is 1.75. The average Bonchev–Trinajstić information content (AvgIpc) is 2.96. The third-order valence-electron chi connectivity index (χ3n) is 2.63. The summed E-state index contributed by atoms with van der Waals surface area (Å²) in [5.74, 6) is -0.0537. The van der Waals surface area contributed by atoms with Gasteiger partial charge in [-0.2, -0.15) is 5.10 Å². The van der Waals surface area contributed by atoms with E-state index in [1.54, 1.807) is 6.20 Å². The molecule has 18 heavy (non-hydrogen) atoms. The highest BCUT2D eigenvalue weighted by atomic mass is 79.9. The molecular formula is C12H14BrN3OS. The average molecular weight is 328 g/mol. The fraction of sp³-hybridized carbons (Fsp3) is 0.333. The van der Waals surface area contributed by atoms with Crippen molar-refractivity contribution in [1.29, 1.82) is 0 Å². The smallest absolute Gasteiger partial charge is 0.261 e. The van der Waals surface area contributed by atoms with Gasteiger partial charge in [0.15, 0.2) is 0 Å². The van der Waals surface area contributed by atoms with Gasteiger partial charge in [0.05, 0.1) is 16.6 Å². The van der Waals surface area contributed by atoms with Crippen LogP contribution in [0, 0.1) is 0 Å². The van der Waals surface area contributed by atoms with E-state index in [0.29, 0.717) is 4.88 Å². The summed E-state index contributed by atoms with van der Waals surface area (Å²) in [5.41, 5.74) is 1.02. The summed E-state index contributed by atoms with van der Waals surface area (Å²) in [6.07, 6.45) is 1.75. The van der Waals surface area contributed by atoms with Crippen molar-refractivity contribution in [3.8, 4) is 0 Å². The van der Waals surface area contributed by atoms with Crippen molar-refractivity contribution in [3.63, 3.8) is 0 Å². The van der Waals surface area contributed by atoms with E-state index in [0.717, 1.165) is 16.7 Å². The molecule has 2 heterocycles. The zero-order valence-electron chi connectivity index (χ0n) is 10.2. The Bertz CT molecular complexity index is 549. The molecule has 1 amide bonds. The minimum Gasteiger partial charge on any atom is -0.343 e. The predicted molar refractivity (Wildman–Crippen MR) is 75.8 cm³/mol. The summed E-state index contributed by atoms with van der Waals surface area (Å²) in [4.78, 5) is 12.7. The summed E-state index contributed by atoms with van der Waals surface area (Å²) in [5, 5.41) is 9.08. The number of hydrogen-bond donors (Lipinski definition) is 1. The molecule has 0 aromatic carbocycles. The van der Waals surface area contributed by atoms with Crippen molar-refractivity contribution in [2.24, 2.45) is 0 Å². The van der Waals surface area contributed by atoms with Crippen LogP contribution in [-0.2, 0) is 6.54 Å². The number of aromatic nitrogens is 2. The van der Waals surface area contributed by atoms with Gasteiger partial charge in [-0.25, -0.2) is 0 Å². The molecule has 0 fully saturated rings. The Morgan fingerprint density at radius 1 is 1.67 bits per heavy atom. The SMILES string of the molecule is CCn1nccc1[C@H](C)NC(=O)c1cc(Br)cs1. The second-order valence-electron chi connectivity index (χ2n) is 3.90. The molecule has 0 spiro atoms. The van der Waals surface area contributed by atoms with E-state index in [4.69, 9.17) is 0 Å². The second-order valence-corrected chi connectivity index (χ2v) is 5.72. The van der Waals surface area contributed by atoms with Gasteiger partial charge < -0.3 is 5.32 Å². The van der Waals surface area contributed by atoms with E-state index >= 15 is 0 Å². The number of carbonyl (C=O) groups excluding carboxylic acids is 1. The van der Waals surface area contributed by atoms with Crippen LogP contribution in [-0.4, -0.2) is 15.7 Å². The summed E-state index contributed by atoms with van der Waals surface area (Å²) >= 11 is 4.77. The summed E-state index contributed by atoms with van der Waals surface area (Å²) < 4.78 is 2.82. The molecule has 0 bridgehead atoms. The first-order valence-corrected chi connectivity index (χ1v) is 7.35. The predicted octanol–water partition coefficient (Wildman–Crippen LogP) is 3.22. The maximum Gasteiger partial charge on any atom is 0.261 e. The Labute approximate surface area is 118 Å². The van der Waals surface area contributed by atoms with Crippen LogP contribution in [0.4, 0.5) is 0 Å². The van der Waals surface area contributed by atoms with E-state index in [9.17, 15) is 4.79 Å². The highest BCUT2D eigenvalue weighted by molar-refractivity contribution is 9.10. The van der Waals surface area contributed by atoms with Crippen LogP contribution in [0.2, 0.25) is 0 Å². The van der Waals surface area contributed by atoms with Gasteiger partial charge in [-0.05, 0) is 41.9 Å². The number of hydrogen-bond acceptors (Lipinski definition) is 3. The number of rotatable bonds is 4. The molecule has 1 N–H and O–H groups in total. The van der Waals surface area contributed by atoms with Crippen LogP contribution in [0.1, 0.15) is 35.3 Å². The molecular weight excluding hydrogens is 314 g/mol. The molecule has 1 atom stereocenters. The molecule has 0 radical (unpaired) electrons. The van der Waals surface area contributed by atoms with Crippen LogP contribution in [0.25, 0.3) is 0 Å². The lowest BCUT2D eigenvalue weighted by Crippen LogP contribution is -2.27.